The van der Waals surface area contributed by atoms with Gasteiger partial charge in [0.15, 0.2) is 0 Å². The summed E-state index contributed by atoms with van der Waals surface area (Å²) in [5.74, 6) is 0. The van der Waals surface area contributed by atoms with Crippen LogP contribution in [0.25, 0.3) is 11.1 Å². The molecule has 0 amide bonds. The number of halogens is 2. The molecular weight excluding hydrogens is 398 g/mol. The van der Waals surface area contributed by atoms with E-state index in [2.05, 4.69) is 87.6 Å². The van der Waals surface area contributed by atoms with Crippen molar-refractivity contribution in [2.75, 3.05) is 0 Å². The van der Waals surface area contributed by atoms with Crippen LogP contribution in [0.3, 0.4) is 0 Å². The Balaban J connectivity index is 2.50. The van der Waals surface area contributed by atoms with Gasteiger partial charge in [0, 0.05) is 7.14 Å². The number of hydrogen-bond donors (Lipinski definition) is 0. The number of benzene rings is 2. The predicted octanol–water partition coefficient (Wildman–Crippen LogP) is 4.36. The highest BCUT2D eigenvalue weighted by Crippen LogP contribution is 2.25. The lowest BCUT2D eigenvalue weighted by Crippen LogP contribution is -1.82. The molecule has 2 heteroatoms. The molecule has 0 nitrogen and oxygen atoms in total. The highest BCUT2D eigenvalue weighted by molar-refractivity contribution is 14.1. The van der Waals surface area contributed by atoms with Gasteiger partial charge < -0.3 is 0 Å². The first-order valence-corrected chi connectivity index (χ1v) is 6.35. The first-order valence-electron chi connectivity index (χ1n) is 4.19. The molecule has 0 spiro atoms. The molecular formula is C12H7I2. The maximum absolute atomic E-state index is 3.21. The molecule has 0 bridgehead atoms. The Labute approximate surface area is 111 Å². The van der Waals surface area contributed by atoms with Crippen LogP contribution in [0.4, 0.5) is 0 Å². The minimum absolute atomic E-state index is 1.15. The summed E-state index contributed by atoms with van der Waals surface area (Å²) in [6.45, 7) is 0. The standard InChI is InChI=1S/C12H7I2/c13-10-7-5-9(6-8-10)11-3-1-2-4-12(11)14/h1-7H. The molecule has 0 aliphatic rings. The second kappa shape index (κ2) is 4.61. The van der Waals surface area contributed by atoms with E-state index in [0.29, 0.717) is 0 Å². The van der Waals surface area contributed by atoms with Gasteiger partial charge >= 0.3 is 0 Å². The summed E-state index contributed by atoms with van der Waals surface area (Å²) in [6.07, 6.45) is 0. The van der Waals surface area contributed by atoms with E-state index < -0.39 is 0 Å². The van der Waals surface area contributed by atoms with Crippen molar-refractivity contribution < 1.29 is 0 Å². The van der Waals surface area contributed by atoms with Gasteiger partial charge in [0.1, 0.15) is 0 Å². The van der Waals surface area contributed by atoms with Crippen LogP contribution in [0.5, 0.6) is 0 Å². The zero-order chi connectivity index (χ0) is 9.97. The fourth-order valence-electron chi connectivity index (χ4n) is 1.27. The van der Waals surface area contributed by atoms with Gasteiger partial charge in [-0.1, -0.05) is 24.3 Å². The van der Waals surface area contributed by atoms with Gasteiger partial charge in [-0.15, -0.1) is 0 Å². The second-order valence-corrected chi connectivity index (χ2v) is 5.23. The minimum atomic E-state index is 1.15. The molecule has 0 aliphatic carbocycles. The lowest BCUT2D eigenvalue weighted by molar-refractivity contribution is 1.56. The van der Waals surface area contributed by atoms with E-state index in [1.54, 1.807) is 0 Å². The van der Waals surface area contributed by atoms with Crippen molar-refractivity contribution in [2.24, 2.45) is 0 Å². The summed E-state index contributed by atoms with van der Waals surface area (Å²) >= 11 is 4.62. The lowest BCUT2D eigenvalue weighted by Gasteiger charge is -2.03. The van der Waals surface area contributed by atoms with Crippen LogP contribution < -0.4 is 0 Å². The number of rotatable bonds is 1. The normalized spacial score (nSPS) is 10.1. The zero-order valence-electron chi connectivity index (χ0n) is 7.30. The van der Waals surface area contributed by atoms with Gasteiger partial charge in [-0.2, -0.15) is 0 Å². The molecule has 0 saturated carbocycles. The molecule has 0 heterocycles. The zero-order valence-corrected chi connectivity index (χ0v) is 11.6. The fraction of sp³-hybridized carbons (Fsp3) is 0. The quantitative estimate of drug-likeness (QED) is 0.619. The van der Waals surface area contributed by atoms with Crippen molar-refractivity contribution >= 4 is 45.2 Å². The van der Waals surface area contributed by atoms with Crippen molar-refractivity contribution in [2.45, 2.75) is 0 Å². The Morgan fingerprint density at radius 3 is 2.36 bits per heavy atom. The maximum atomic E-state index is 3.21. The predicted molar refractivity (Wildman–Crippen MR) is 76.1 cm³/mol. The summed E-state index contributed by atoms with van der Waals surface area (Å²) in [4.78, 5) is 0. The van der Waals surface area contributed by atoms with Gasteiger partial charge in [-0.25, -0.2) is 0 Å². The Bertz CT molecular complexity index is 432. The summed E-state index contributed by atoms with van der Waals surface area (Å²) < 4.78 is 2.43. The van der Waals surface area contributed by atoms with E-state index in [1.165, 1.54) is 14.7 Å². The van der Waals surface area contributed by atoms with E-state index in [-0.39, 0.29) is 0 Å². The molecule has 2 aromatic carbocycles. The average molecular weight is 405 g/mol. The molecule has 2 aromatic rings. The van der Waals surface area contributed by atoms with Crippen LogP contribution in [0.1, 0.15) is 0 Å². The van der Waals surface area contributed by atoms with Crippen LogP contribution >= 0.6 is 45.2 Å². The highest BCUT2D eigenvalue weighted by atomic mass is 127. The van der Waals surface area contributed by atoms with Crippen molar-refractivity contribution in [3.05, 3.63) is 55.7 Å². The van der Waals surface area contributed by atoms with E-state index in [0.717, 1.165) is 3.57 Å². The number of hydrogen-bond acceptors (Lipinski definition) is 0. The van der Waals surface area contributed by atoms with Gasteiger partial charge in [-0.3, -0.25) is 0 Å². The molecule has 2 rings (SSSR count). The molecule has 0 unspecified atom stereocenters. The van der Waals surface area contributed by atoms with Gasteiger partial charge in [0.05, 0.1) is 0 Å². The van der Waals surface area contributed by atoms with E-state index in [4.69, 9.17) is 0 Å². The molecule has 1 radical (unpaired) electrons. The summed E-state index contributed by atoms with van der Waals surface area (Å²) in [7, 11) is 0. The average Bonchev–Trinajstić information content (AvgIpc) is 2.20. The second-order valence-electron chi connectivity index (χ2n) is 2.91. The molecule has 14 heavy (non-hydrogen) atoms. The van der Waals surface area contributed by atoms with Gasteiger partial charge in [0.25, 0.3) is 0 Å². The summed E-state index contributed by atoms with van der Waals surface area (Å²) in [5, 5.41) is 0. The smallest absolute Gasteiger partial charge is 0.0209 e. The largest absolute Gasteiger partial charge is 0.0616 e. The van der Waals surface area contributed by atoms with Gasteiger partial charge in [0.2, 0.25) is 0 Å². The molecule has 69 valence electrons. The van der Waals surface area contributed by atoms with Crippen molar-refractivity contribution in [1.82, 2.24) is 0 Å². The van der Waals surface area contributed by atoms with Gasteiger partial charge in [-0.05, 0) is 80.6 Å². The Morgan fingerprint density at radius 2 is 1.71 bits per heavy atom. The van der Waals surface area contributed by atoms with E-state index >= 15 is 0 Å². The third-order valence-electron chi connectivity index (χ3n) is 1.96. The molecule has 0 saturated heterocycles. The Morgan fingerprint density at radius 1 is 0.929 bits per heavy atom. The Kier molecular flexibility index (Phi) is 3.43. The van der Waals surface area contributed by atoms with Crippen molar-refractivity contribution in [1.29, 1.82) is 0 Å². The first-order chi connectivity index (χ1) is 6.77. The van der Waals surface area contributed by atoms with Crippen LogP contribution in [0.15, 0.2) is 42.5 Å². The lowest BCUT2D eigenvalue weighted by atomic mass is 10.1. The third kappa shape index (κ3) is 2.28. The van der Waals surface area contributed by atoms with Crippen LogP contribution in [0.2, 0.25) is 0 Å². The summed E-state index contributed by atoms with van der Waals surface area (Å²) in [6, 6.07) is 17.8. The SMILES string of the molecule is Ic1[c]cc(-c2ccccc2I)cc1. The maximum Gasteiger partial charge on any atom is 0.0209 e. The van der Waals surface area contributed by atoms with Crippen molar-refractivity contribution in [3.8, 4) is 11.1 Å². The van der Waals surface area contributed by atoms with Crippen LogP contribution in [-0.4, -0.2) is 0 Å². The highest BCUT2D eigenvalue weighted by Gasteiger charge is 2.00. The van der Waals surface area contributed by atoms with Crippen molar-refractivity contribution in [3.63, 3.8) is 0 Å². The fourth-order valence-corrected chi connectivity index (χ4v) is 2.30. The third-order valence-corrected chi connectivity index (χ3v) is 3.57. The molecule has 0 fully saturated rings. The summed E-state index contributed by atoms with van der Waals surface area (Å²) in [5.41, 5.74) is 2.51. The van der Waals surface area contributed by atoms with E-state index in [1.807, 2.05) is 6.07 Å². The molecule has 0 N–H and O–H groups in total. The van der Waals surface area contributed by atoms with E-state index in [9.17, 15) is 0 Å². The topological polar surface area (TPSA) is 0 Å². The van der Waals surface area contributed by atoms with Crippen LogP contribution in [-0.2, 0) is 0 Å². The monoisotopic (exact) mass is 405 g/mol. The minimum Gasteiger partial charge on any atom is -0.0616 e. The first kappa shape index (κ1) is 10.4. The van der Waals surface area contributed by atoms with Crippen LogP contribution in [0, 0.1) is 13.2 Å². The molecule has 0 aromatic heterocycles. The molecule has 0 aliphatic heterocycles. The molecule has 0 atom stereocenters. The Hall–Kier alpha value is -0.100.